The van der Waals surface area contributed by atoms with Crippen LogP contribution >= 0.6 is 0 Å². The van der Waals surface area contributed by atoms with E-state index in [4.69, 9.17) is 13.9 Å². The summed E-state index contributed by atoms with van der Waals surface area (Å²) in [5.74, 6) is 1.90. The first-order valence-corrected chi connectivity index (χ1v) is 7.75. The molecule has 0 spiro atoms. The van der Waals surface area contributed by atoms with Gasteiger partial charge < -0.3 is 13.9 Å². The highest BCUT2D eigenvalue weighted by Crippen LogP contribution is 2.17. The van der Waals surface area contributed by atoms with Gasteiger partial charge in [-0.25, -0.2) is 0 Å². The third-order valence-corrected chi connectivity index (χ3v) is 3.77. The van der Waals surface area contributed by atoms with E-state index in [0.29, 0.717) is 6.61 Å². The summed E-state index contributed by atoms with van der Waals surface area (Å²) in [6, 6.07) is 14.5. The molecule has 1 aliphatic rings. The first kappa shape index (κ1) is 14.4. The molecule has 3 heteroatoms. The van der Waals surface area contributed by atoms with Gasteiger partial charge in [0.2, 0.25) is 0 Å². The largest absolute Gasteiger partial charge is 0.464 e. The SMILES string of the molecule is c1ccc(CCc2ccc(COC3CCCCO3)o2)cc1. The number of hydrogen-bond donors (Lipinski definition) is 0. The Balaban J connectivity index is 1.45. The molecule has 1 unspecified atom stereocenters. The molecule has 1 saturated heterocycles. The molecule has 1 atom stereocenters. The smallest absolute Gasteiger partial charge is 0.158 e. The molecule has 1 fully saturated rings. The van der Waals surface area contributed by atoms with Crippen LogP contribution in [0.3, 0.4) is 0 Å². The normalized spacial score (nSPS) is 18.8. The predicted octanol–water partition coefficient (Wildman–Crippen LogP) is 4.11. The second-order valence-electron chi connectivity index (χ2n) is 5.46. The molecule has 0 radical (unpaired) electrons. The van der Waals surface area contributed by atoms with Crippen molar-refractivity contribution in [1.29, 1.82) is 0 Å². The van der Waals surface area contributed by atoms with Gasteiger partial charge in [-0.3, -0.25) is 0 Å². The lowest BCUT2D eigenvalue weighted by atomic mass is 10.1. The number of hydrogen-bond acceptors (Lipinski definition) is 3. The van der Waals surface area contributed by atoms with Crippen LogP contribution in [-0.2, 0) is 28.9 Å². The first-order chi connectivity index (χ1) is 10.4. The Hall–Kier alpha value is -1.58. The van der Waals surface area contributed by atoms with Crippen molar-refractivity contribution in [2.45, 2.75) is 45.0 Å². The highest BCUT2D eigenvalue weighted by Gasteiger charge is 2.14. The fourth-order valence-corrected chi connectivity index (χ4v) is 2.56. The zero-order chi connectivity index (χ0) is 14.3. The summed E-state index contributed by atoms with van der Waals surface area (Å²) in [5.41, 5.74) is 1.34. The number of aryl methyl sites for hydroxylation is 2. The van der Waals surface area contributed by atoms with Crippen LogP contribution in [0.2, 0.25) is 0 Å². The molecule has 21 heavy (non-hydrogen) atoms. The van der Waals surface area contributed by atoms with Gasteiger partial charge in [0.25, 0.3) is 0 Å². The Morgan fingerprint density at radius 1 is 0.952 bits per heavy atom. The van der Waals surface area contributed by atoms with E-state index in [1.807, 2.05) is 18.2 Å². The molecular formula is C18H22O3. The third-order valence-electron chi connectivity index (χ3n) is 3.77. The van der Waals surface area contributed by atoms with E-state index in [0.717, 1.165) is 43.8 Å². The highest BCUT2D eigenvalue weighted by molar-refractivity contribution is 5.16. The molecule has 3 rings (SSSR count). The van der Waals surface area contributed by atoms with Gasteiger partial charge in [0.05, 0.1) is 0 Å². The number of furan rings is 1. The third kappa shape index (κ3) is 4.45. The first-order valence-electron chi connectivity index (χ1n) is 7.75. The lowest BCUT2D eigenvalue weighted by Gasteiger charge is -2.22. The Labute approximate surface area is 125 Å². The summed E-state index contributed by atoms with van der Waals surface area (Å²) in [6.07, 6.45) is 5.18. The van der Waals surface area contributed by atoms with Crippen LogP contribution in [0.5, 0.6) is 0 Å². The van der Waals surface area contributed by atoms with Crippen molar-refractivity contribution in [2.24, 2.45) is 0 Å². The molecule has 0 saturated carbocycles. The zero-order valence-corrected chi connectivity index (χ0v) is 12.3. The standard InChI is InChI=1S/C18H22O3/c1-2-6-15(7-3-1)9-10-16-11-12-17(21-16)14-20-18-8-4-5-13-19-18/h1-3,6-7,11-12,18H,4-5,8-10,13-14H2. The molecule has 1 aromatic carbocycles. The topological polar surface area (TPSA) is 31.6 Å². The van der Waals surface area contributed by atoms with Crippen LogP contribution in [-0.4, -0.2) is 12.9 Å². The summed E-state index contributed by atoms with van der Waals surface area (Å²) in [4.78, 5) is 0. The van der Waals surface area contributed by atoms with Crippen LogP contribution in [0.1, 0.15) is 36.3 Å². The highest BCUT2D eigenvalue weighted by atomic mass is 16.7. The van der Waals surface area contributed by atoms with E-state index >= 15 is 0 Å². The van der Waals surface area contributed by atoms with Crippen LogP contribution in [0.25, 0.3) is 0 Å². The summed E-state index contributed by atoms with van der Waals surface area (Å²) >= 11 is 0. The summed E-state index contributed by atoms with van der Waals surface area (Å²) in [7, 11) is 0. The lowest BCUT2D eigenvalue weighted by molar-refractivity contribution is -0.171. The molecule has 0 aliphatic carbocycles. The molecule has 0 N–H and O–H groups in total. The molecule has 1 aliphatic heterocycles. The second-order valence-corrected chi connectivity index (χ2v) is 5.46. The van der Waals surface area contributed by atoms with E-state index in [1.54, 1.807) is 0 Å². The average Bonchev–Trinajstić information content (AvgIpc) is 3.01. The van der Waals surface area contributed by atoms with Gasteiger partial charge in [-0.2, -0.15) is 0 Å². The fraction of sp³-hybridized carbons (Fsp3) is 0.444. The average molecular weight is 286 g/mol. The van der Waals surface area contributed by atoms with Crippen LogP contribution in [0.4, 0.5) is 0 Å². The maximum Gasteiger partial charge on any atom is 0.158 e. The van der Waals surface area contributed by atoms with Gasteiger partial charge in [0.15, 0.2) is 6.29 Å². The van der Waals surface area contributed by atoms with Gasteiger partial charge in [-0.1, -0.05) is 30.3 Å². The van der Waals surface area contributed by atoms with Gasteiger partial charge in [-0.05, 0) is 43.4 Å². The van der Waals surface area contributed by atoms with E-state index in [9.17, 15) is 0 Å². The zero-order valence-electron chi connectivity index (χ0n) is 12.3. The molecule has 2 aromatic rings. The molecule has 0 bridgehead atoms. The summed E-state index contributed by atoms with van der Waals surface area (Å²) in [6.45, 7) is 1.31. The number of benzene rings is 1. The van der Waals surface area contributed by atoms with Crippen molar-refractivity contribution >= 4 is 0 Å². The predicted molar refractivity (Wildman–Crippen MR) is 80.9 cm³/mol. The van der Waals surface area contributed by atoms with Crippen LogP contribution < -0.4 is 0 Å². The van der Waals surface area contributed by atoms with Crippen molar-refractivity contribution < 1.29 is 13.9 Å². The summed E-state index contributed by atoms with van der Waals surface area (Å²) < 4.78 is 17.1. The van der Waals surface area contributed by atoms with E-state index in [1.165, 1.54) is 12.0 Å². The van der Waals surface area contributed by atoms with E-state index in [2.05, 4.69) is 24.3 Å². The van der Waals surface area contributed by atoms with Gasteiger partial charge in [-0.15, -0.1) is 0 Å². The van der Waals surface area contributed by atoms with Gasteiger partial charge in [0.1, 0.15) is 18.1 Å². The molecule has 0 amide bonds. The Bertz CT molecular complexity index is 526. The monoisotopic (exact) mass is 286 g/mol. The Morgan fingerprint density at radius 2 is 1.81 bits per heavy atom. The molecular weight excluding hydrogens is 264 g/mol. The maximum atomic E-state index is 5.82. The molecule has 112 valence electrons. The summed E-state index contributed by atoms with van der Waals surface area (Å²) in [5, 5.41) is 0. The lowest BCUT2D eigenvalue weighted by Crippen LogP contribution is -2.21. The van der Waals surface area contributed by atoms with Crippen LogP contribution in [0.15, 0.2) is 46.9 Å². The molecule has 1 aromatic heterocycles. The molecule has 2 heterocycles. The second kappa shape index (κ2) is 7.43. The quantitative estimate of drug-likeness (QED) is 0.801. The minimum atomic E-state index is -0.0587. The van der Waals surface area contributed by atoms with E-state index in [-0.39, 0.29) is 6.29 Å². The van der Waals surface area contributed by atoms with Crippen LogP contribution in [0, 0.1) is 0 Å². The van der Waals surface area contributed by atoms with Crippen molar-refractivity contribution in [2.75, 3.05) is 6.61 Å². The van der Waals surface area contributed by atoms with Crippen molar-refractivity contribution in [1.82, 2.24) is 0 Å². The Kier molecular flexibility index (Phi) is 5.08. The van der Waals surface area contributed by atoms with Crippen molar-refractivity contribution in [3.63, 3.8) is 0 Å². The number of rotatable bonds is 6. The molecule has 3 nitrogen and oxygen atoms in total. The maximum absolute atomic E-state index is 5.82. The van der Waals surface area contributed by atoms with Gasteiger partial charge in [0, 0.05) is 13.0 Å². The minimum absolute atomic E-state index is 0.0587. The minimum Gasteiger partial charge on any atom is -0.464 e. The van der Waals surface area contributed by atoms with Crippen molar-refractivity contribution in [3.05, 3.63) is 59.5 Å². The fourth-order valence-electron chi connectivity index (χ4n) is 2.56. The number of ether oxygens (including phenoxy) is 2. The van der Waals surface area contributed by atoms with E-state index < -0.39 is 0 Å². The van der Waals surface area contributed by atoms with Crippen molar-refractivity contribution in [3.8, 4) is 0 Å². The van der Waals surface area contributed by atoms with Gasteiger partial charge >= 0.3 is 0 Å². The Morgan fingerprint density at radius 3 is 2.62 bits per heavy atom.